The van der Waals surface area contributed by atoms with Crippen LogP contribution in [0.2, 0.25) is 0 Å². The number of hydrogen-bond acceptors (Lipinski definition) is 2. The van der Waals surface area contributed by atoms with Crippen molar-refractivity contribution in [2.75, 3.05) is 6.61 Å². The number of halogens is 2. The largest absolute Gasteiger partial charge is 0.462 e. The second-order valence-corrected chi connectivity index (χ2v) is 4.36. The van der Waals surface area contributed by atoms with Crippen LogP contribution in [0.25, 0.3) is 0 Å². The van der Waals surface area contributed by atoms with Gasteiger partial charge < -0.3 is 4.74 Å². The summed E-state index contributed by atoms with van der Waals surface area (Å²) in [6.07, 6.45) is 0. The number of rotatable bonds is 2. The van der Waals surface area contributed by atoms with E-state index in [4.69, 9.17) is 4.74 Å². The maximum absolute atomic E-state index is 11.5. The minimum absolute atomic E-state index is 0.305. The maximum atomic E-state index is 11.5. The molecule has 14 heavy (non-hydrogen) atoms. The number of hydrogen-bond donors (Lipinski definition) is 0. The average molecular weight is 322 g/mol. The van der Waals surface area contributed by atoms with Gasteiger partial charge in [0.2, 0.25) is 0 Å². The Kier molecular flexibility index (Phi) is 4.13. The maximum Gasteiger partial charge on any atom is 0.339 e. The fraction of sp³-hybridized carbons (Fsp3) is 0.300. The van der Waals surface area contributed by atoms with Gasteiger partial charge in [-0.3, -0.25) is 0 Å². The van der Waals surface area contributed by atoms with Gasteiger partial charge in [-0.1, -0.05) is 6.07 Å². The molecule has 76 valence electrons. The van der Waals surface area contributed by atoms with Crippen LogP contribution in [0, 0.1) is 6.92 Å². The molecule has 0 unspecified atom stereocenters. The lowest BCUT2D eigenvalue weighted by atomic mass is 10.1. The van der Waals surface area contributed by atoms with Gasteiger partial charge in [0.1, 0.15) is 0 Å². The summed E-state index contributed by atoms with van der Waals surface area (Å²) in [5.41, 5.74) is 1.62. The molecule has 0 bridgehead atoms. The number of esters is 1. The second kappa shape index (κ2) is 4.94. The summed E-state index contributed by atoms with van der Waals surface area (Å²) in [7, 11) is 0. The van der Waals surface area contributed by atoms with Gasteiger partial charge in [-0.2, -0.15) is 0 Å². The molecule has 0 radical (unpaired) electrons. The predicted molar refractivity (Wildman–Crippen MR) is 62.5 cm³/mol. The lowest BCUT2D eigenvalue weighted by molar-refractivity contribution is 0.0525. The van der Waals surface area contributed by atoms with Gasteiger partial charge in [0, 0.05) is 8.95 Å². The molecule has 0 atom stereocenters. The van der Waals surface area contributed by atoms with Crippen molar-refractivity contribution in [3.8, 4) is 0 Å². The van der Waals surface area contributed by atoms with Crippen LogP contribution >= 0.6 is 31.9 Å². The molecule has 0 aliphatic rings. The van der Waals surface area contributed by atoms with E-state index in [1.807, 2.05) is 13.0 Å². The van der Waals surface area contributed by atoms with E-state index < -0.39 is 0 Å². The molecule has 4 heteroatoms. The van der Waals surface area contributed by atoms with Crippen LogP contribution in [0.15, 0.2) is 21.1 Å². The van der Waals surface area contributed by atoms with Crippen molar-refractivity contribution >= 4 is 37.8 Å². The Bertz CT molecular complexity index is 361. The van der Waals surface area contributed by atoms with Crippen molar-refractivity contribution in [2.24, 2.45) is 0 Å². The molecule has 0 aliphatic heterocycles. The summed E-state index contributed by atoms with van der Waals surface area (Å²) in [6, 6.07) is 3.63. The zero-order valence-corrected chi connectivity index (χ0v) is 11.1. The quantitative estimate of drug-likeness (QED) is 0.776. The van der Waals surface area contributed by atoms with Crippen LogP contribution in [-0.4, -0.2) is 12.6 Å². The van der Waals surface area contributed by atoms with E-state index in [0.717, 1.165) is 14.5 Å². The summed E-state index contributed by atoms with van der Waals surface area (Å²) in [6.45, 7) is 4.13. The highest BCUT2D eigenvalue weighted by Crippen LogP contribution is 2.30. The molecule has 0 aromatic heterocycles. The van der Waals surface area contributed by atoms with E-state index in [-0.39, 0.29) is 5.97 Å². The summed E-state index contributed by atoms with van der Waals surface area (Å²) in [4.78, 5) is 11.5. The molecule has 0 N–H and O–H groups in total. The Morgan fingerprint density at radius 2 is 2.00 bits per heavy atom. The Labute approximate surface area is 99.9 Å². The minimum atomic E-state index is -0.305. The third-order valence-corrected chi connectivity index (χ3v) is 4.15. The number of aryl methyl sites for hydroxylation is 1. The molecule has 0 saturated carbocycles. The van der Waals surface area contributed by atoms with Crippen molar-refractivity contribution in [3.63, 3.8) is 0 Å². The Morgan fingerprint density at radius 1 is 1.36 bits per heavy atom. The molecule has 0 spiro atoms. The predicted octanol–water partition coefficient (Wildman–Crippen LogP) is 3.70. The molecule has 1 rings (SSSR count). The first-order chi connectivity index (χ1) is 6.57. The number of benzene rings is 1. The minimum Gasteiger partial charge on any atom is -0.462 e. The van der Waals surface area contributed by atoms with Crippen molar-refractivity contribution in [2.45, 2.75) is 13.8 Å². The van der Waals surface area contributed by atoms with Crippen molar-refractivity contribution < 1.29 is 9.53 Å². The topological polar surface area (TPSA) is 26.3 Å². The second-order valence-electron chi connectivity index (χ2n) is 2.78. The fourth-order valence-electron chi connectivity index (χ4n) is 1.01. The molecule has 0 saturated heterocycles. The van der Waals surface area contributed by atoms with E-state index in [9.17, 15) is 4.79 Å². The summed E-state index contributed by atoms with van der Waals surface area (Å²) in [5, 5.41) is 0. The van der Waals surface area contributed by atoms with Crippen LogP contribution in [0.1, 0.15) is 22.8 Å². The van der Waals surface area contributed by atoms with Crippen LogP contribution < -0.4 is 0 Å². The molecular formula is C10H10Br2O2. The summed E-state index contributed by atoms with van der Waals surface area (Å²) >= 11 is 6.75. The highest BCUT2D eigenvalue weighted by atomic mass is 79.9. The monoisotopic (exact) mass is 320 g/mol. The lowest BCUT2D eigenvalue weighted by Crippen LogP contribution is -2.05. The molecule has 2 nitrogen and oxygen atoms in total. The fourth-order valence-corrected chi connectivity index (χ4v) is 1.96. The third-order valence-electron chi connectivity index (χ3n) is 1.77. The summed E-state index contributed by atoms with van der Waals surface area (Å²) in [5.74, 6) is -0.305. The standard InChI is InChI=1S/C10H10Br2O2/c1-3-14-10(13)7-5-4-6(2)8(11)9(7)12/h4-5H,3H2,1-2H3. The molecule has 1 aromatic rings. The number of carbonyl (C=O) groups excluding carboxylic acids is 1. The Morgan fingerprint density at radius 3 is 2.57 bits per heavy atom. The molecule has 1 aromatic carbocycles. The average Bonchev–Trinajstić information content (AvgIpc) is 2.15. The van der Waals surface area contributed by atoms with Gasteiger partial charge in [0.15, 0.2) is 0 Å². The molecule has 0 fully saturated rings. The molecular weight excluding hydrogens is 312 g/mol. The Balaban J connectivity index is 3.11. The van der Waals surface area contributed by atoms with Gasteiger partial charge >= 0.3 is 5.97 Å². The first-order valence-electron chi connectivity index (χ1n) is 4.19. The van der Waals surface area contributed by atoms with Crippen molar-refractivity contribution in [1.29, 1.82) is 0 Å². The smallest absolute Gasteiger partial charge is 0.339 e. The third kappa shape index (κ3) is 2.36. The van der Waals surface area contributed by atoms with E-state index in [0.29, 0.717) is 12.2 Å². The van der Waals surface area contributed by atoms with Gasteiger partial charge in [-0.15, -0.1) is 0 Å². The number of ether oxygens (including phenoxy) is 1. The lowest BCUT2D eigenvalue weighted by Gasteiger charge is -2.07. The zero-order valence-electron chi connectivity index (χ0n) is 7.93. The normalized spacial score (nSPS) is 10.0. The SMILES string of the molecule is CCOC(=O)c1ccc(C)c(Br)c1Br. The Hall–Kier alpha value is -0.350. The first-order valence-corrected chi connectivity index (χ1v) is 5.78. The van der Waals surface area contributed by atoms with E-state index in [1.165, 1.54) is 0 Å². The number of carbonyl (C=O) groups is 1. The molecule has 0 aliphatic carbocycles. The summed E-state index contributed by atoms with van der Waals surface area (Å²) < 4.78 is 6.55. The van der Waals surface area contributed by atoms with Crippen molar-refractivity contribution in [3.05, 3.63) is 32.2 Å². The van der Waals surface area contributed by atoms with Gasteiger partial charge in [-0.05, 0) is 57.3 Å². The van der Waals surface area contributed by atoms with E-state index in [1.54, 1.807) is 13.0 Å². The first kappa shape index (κ1) is 11.7. The van der Waals surface area contributed by atoms with E-state index >= 15 is 0 Å². The highest BCUT2D eigenvalue weighted by Gasteiger charge is 2.14. The van der Waals surface area contributed by atoms with Crippen LogP contribution in [0.4, 0.5) is 0 Å². The van der Waals surface area contributed by atoms with Crippen LogP contribution in [0.3, 0.4) is 0 Å². The van der Waals surface area contributed by atoms with Crippen molar-refractivity contribution in [1.82, 2.24) is 0 Å². The van der Waals surface area contributed by atoms with Crippen LogP contribution in [0.5, 0.6) is 0 Å². The highest BCUT2D eigenvalue weighted by molar-refractivity contribution is 9.13. The zero-order chi connectivity index (χ0) is 10.7. The molecule has 0 heterocycles. The van der Waals surface area contributed by atoms with Gasteiger partial charge in [0.05, 0.1) is 12.2 Å². The van der Waals surface area contributed by atoms with Gasteiger partial charge in [-0.25, -0.2) is 4.79 Å². The van der Waals surface area contributed by atoms with Crippen LogP contribution in [-0.2, 0) is 4.74 Å². The molecule has 0 amide bonds. The van der Waals surface area contributed by atoms with Gasteiger partial charge in [0.25, 0.3) is 0 Å². The van der Waals surface area contributed by atoms with E-state index in [2.05, 4.69) is 31.9 Å².